The maximum absolute atomic E-state index is 13.2. The number of likely N-dealkylation sites (tertiary alicyclic amines) is 1. The van der Waals surface area contributed by atoms with Crippen molar-refractivity contribution in [2.45, 2.75) is 13.0 Å². The summed E-state index contributed by atoms with van der Waals surface area (Å²) in [6, 6.07) is 7.83. The quantitative estimate of drug-likeness (QED) is 0.430. The summed E-state index contributed by atoms with van der Waals surface area (Å²) in [5.41, 5.74) is 1.60. The number of carbonyl (C=O) groups excluding carboxylic acids is 1. The molecule has 0 atom stereocenters. The van der Waals surface area contributed by atoms with Crippen LogP contribution in [0.3, 0.4) is 0 Å². The molecule has 4 rings (SSSR count). The summed E-state index contributed by atoms with van der Waals surface area (Å²) < 4.78 is 18.2. The molecule has 1 N–H and O–H groups in total. The number of benzene rings is 1. The second-order valence-corrected chi connectivity index (χ2v) is 7.67. The van der Waals surface area contributed by atoms with Gasteiger partial charge >= 0.3 is 11.7 Å². The molecule has 11 heteroatoms. The van der Waals surface area contributed by atoms with E-state index >= 15 is 0 Å². The average molecular weight is 452 g/mol. The van der Waals surface area contributed by atoms with Gasteiger partial charge in [-0.3, -0.25) is 15.4 Å². The second-order valence-electron chi connectivity index (χ2n) is 7.67. The van der Waals surface area contributed by atoms with Crippen molar-refractivity contribution in [2.75, 3.05) is 25.5 Å². The number of hydrogen-bond acceptors (Lipinski definition) is 7. The highest BCUT2D eigenvalue weighted by atomic mass is 19.1. The van der Waals surface area contributed by atoms with Gasteiger partial charge in [-0.15, -0.1) is 0 Å². The predicted molar refractivity (Wildman–Crippen MR) is 117 cm³/mol. The van der Waals surface area contributed by atoms with Gasteiger partial charge in [-0.2, -0.15) is 0 Å². The number of hydrogen-bond donors (Lipinski definition) is 1. The van der Waals surface area contributed by atoms with Crippen LogP contribution in [-0.2, 0) is 17.8 Å². The molecule has 0 unspecified atom stereocenters. The average Bonchev–Trinajstić information content (AvgIpc) is 2.77. The standard InChI is InChI=1S/C22H21FN6O4/c1-33-13-20-24-9-14(10-25-20)8-15-11-28(12-15)22(30)27-21-19(29(31)32)7-6-18(26-21)16-2-4-17(23)5-3-16/h2-7,9-10,15H,8,11-13H2,1H3,(H,26,27,30). The van der Waals surface area contributed by atoms with Gasteiger partial charge in [-0.1, -0.05) is 0 Å². The lowest BCUT2D eigenvalue weighted by molar-refractivity contribution is -0.384. The Labute approximate surface area is 188 Å². The fourth-order valence-corrected chi connectivity index (χ4v) is 3.54. The molecule has 1 fully saturated rings. The van der Waals surface area contributed by atoms with E-state index in [0.717, 1.165) is 12.0 Å². The number of urea groups is 1. The Balaban J connectivity index is 1.39. The van der Waals surface area contributed by atoms with Crippen LogP contribution >= 0.6 is 0 Å². The SMILES string of the molecule is COCc1ncc(CC2CN(C(=O)Nc3nc(-c4ccc(F)cc4)ccc3[N+](=O)[O-])C2)cn1. The van der Waals surface area contributed by atoms with Crippen molar-refractivity contribution < 1.29 is 18.8 Å². The van der Waals surface area contributed by atoms with Crippen LogP contribution in [0.25, 0.3) is 11.3 Å². The molecular formula is C22H21FN6O4. The zero-order valence-corrected chi connectivity index (χ0v) is 17.8. The van der Waals surface area contributed by atoms with E-state index in [1.807, 2.05) is 0 Å². The number of nitrogens with zero attached hydrogens (tertiary/aromatic N) is 5. The Hall–Kier alpha value is -3.99. The Morgan fingerprint density at radius 3 is 2.55 bits per heavy atom. The Bertz CT molecular complexity index is 1150. The van der Waals surface area contributed by atoms with Crippen molar-refractivity contribution in [1.82, 2.24) is 19.9 Å². The Morgan fingerprint density at radius 1 is 1.21 bits per heavy atom. The maximum Gasteiger partial charge on any atom is 0.323 e. The molecule has 33 heavy (non-hydrogen) atoms. The Morgan fingerprint density at radius 2 is 1.91 bits per heavy atom. The highest BCUT2D eigenvalue weighted by Crippen LogP contribution is 2.28. The molecule has 2 amide bonds. The van der Waals surface area contributed by atoms with Crippen molar-refractivity contribution in [3.8, 4) is 11.3 Å². The first-order valence-corrected chi connectivity index (χ1v) is 10.2. The van der Waals surface area contributed by atoms with Crippen LogP contribution in [0.2, 0.25) is 0 Å². The third-order valence-corrected chi connectivity index (χ3v) is 5.24. The molecule has 0 radical (unpaired) electrons. The third-order valence-electron chi connectivity index (χ3n) is 5.24. The van der Waals surface area contributed by atoms with E-state index < -0.39 is 16.8 Å². The van der Waals surface area contributed by atoms with Crippen molar-refractivity contribution in [2.24, 2.45) is 5.92 Å². The lowest BCUT2D eigenvalue weighted by Gasteiger charge is -2.39. The number of halogens is 1. The molecule has 1 aromatic carbocycles. The zero-order chi connectivity index (χ0) is 23.4. The third kappa shape index (κ3) is 5.26. The summed E-state index contributed by atoms with van der Waals surface area (Å²) in [5.74, 6) is 0.283. The number of nitro groups is 1. The van der Waals surface area contributed by atoms with Gasteiger partial charge in [0.2, 0.25) is 5.82 Å². The van der Waals surface area contributed by atoms with Crippen LogP contribution in [0, 0.1) is 21.8 Å². The van der Waals surface area contributed by atoms with Crippen LogP contribution in [0.1, 0.15) is 11.4 Å². The normalized spacial score (nSPS) is 13.5. The largest absolute Gasteiger partial charge is 0.377 e. The molecule has 3 heterocycles. The summed E-state index contributed by atoms with van der Waals surface area (Å²) in [7, 11) is 1.58. The second kappa shape index (κ2) is 9.65. The maximum atomic E-state index is 13.2. The van der Waals surface area contributed by atoms with Gasteiger partial charge in [0.25, 0.3) is 0 Å². The molecule has 0 bridgehead atoms. The summed E-state index contributed by atoms with van der Waals surface area (Å²) in [4.78, 5) is 37.7. The van der Waals surface area contributed by atoms with Gasteiger partial charge < -0.3 is 9.64 Å². The van der Waals surface area contributed by atoms with Gasteiger partial charge in [0.15, 0.2) is 5.82 Å². The monoisotopic (exact) mass is 452 g/mol. The summed E-state index contributed by atoms with van der Waals surface area (Å²) in [6.07, 6.45) is 4.21. The molecule has 0 spiro atoms. The first-order chi connectivity index (χ1) is 15.9. The van der Waals surface area contributed by atoms with Crippen LogP contribution in [0.4, 0.5) is 20.7 Å². The number of anilines is 1. The molecule has 0 saturated carbocycles. The molecule has 3 aromatic rings. The molecule has 1 aliphatic heterocycles. The fraction of sp³-hybridized carbons (Fsp3) is 0.273. The van der Waals surface area contributed by atoms with Crippen LogP contribution in [0.15, 0.2) is 48.8 Å². The van der Waals surface area contributed by atoms with E-state index in [0.29, 0.717) is 36.8 Å². The van der Waals surface area contributed by atoms with Gasteiger partial charge in [-0.05, 0) is 48.2 Å². The number of methoxy groups -OCH3 is 1. The van der Waals surface area contributed by atoms with Gasteiger partial charge in [0.1, 0.15) is 12.4 Å². The first-order valence-electron chi connectivity index (χ1n) is 10.2. The van der Waals surface area contributed by atoms with E-state index in [-0.39, 0.29) is 17.4 Å². The van der Waals surface area contributed by atoms with Gasteiger partial charge in [-0.25, -0.2) is 24.1 Å². The molecule has 1 aliphatic rings. The molecule has 0 aliphatic carbocycles. The van der Waals surface area contributed by atoms with Gasteiger partial charge in [0.05, 0.1) is 10.6 Å². The lowest BCUT2D eigenvalue weighted by Crippen LogP contribution is -2.52. The zero-order valence-electron chi connectivity index (χ0n) is 17.8. The van der Waals surface area contributed by atoms with Crippen LogP contribution in [-0.4, -0.2) is 51.0 Å². The summed E-state index contributed by atoms with van der Waals surface area (Å²) >= 11 is 0. The number of aromatic nitrogens is 3. The number of carbonyl (C=O) groups is 1. The molecule has 2 aromatic heterocycles. The van der Waals surface area contributed by atoms with E-state index in [1.54, 1.807) is 24.4 Å². The van der Waals surface area contributed by atoms with Crippen molar-refractivity contribution >= 4 is 17.5 Å². The molecule has 1 saturated heterocycles. The minimum Gasteiger partial charge on any atom is -0.377 e. The number of ether oxygens (including phenoxy) is 1. The first kappa shape index (κ1) is 22.2. The number of nitrogens with one attached hydrogen (secondary N) is 1. The van der Waals surface area contributed by atoms with Crippen LogP contribution < -0.4 is 5.32 Å². The van der Waals surface area contributed by atoms with E-state index in [1.165, 1.54) is 36.4 Å². The van der Waals surface area contributed by atoms with E-state index in [9.17, 15) is 19.3 Å². The van der Waals surface area contributed by atoms with E-state index in [4.69, 9.17) is 4.74 Å². The number of pyridine rings is 1. The van der Waals surface area contributed by atoms with Crippen molar-refractivity contribution in [3.05, 3.63) is 76.1 Å². The van der Waals surface area contributed by atoms with Gasteiger partial charge in [0, 0.05) is 44.2 Å². The highest BCUT2D eigenvalue weighted by molar-refractivity contribution is 5.91. The highest BCUT2D eigenvalue weighted by Gasteiger charge is 2.32. The molecule has 170 valence electrons. The smallest absolute Gasteiger partial charge is 0.323 e. The number of rotatable bonds is 7. The summed E-state index contributed by atoms with van der Waals surface area (Å²) in [6.45, 7) is 1.34. The van der Waals surface area contributed by atoms with Crippen LogP contribution in [0.5, 0.6) is 0 Å². The topological polar surface area (TPSA) is 123 Å². The summed E-state index contributed by atoms with van der Waals surface area (Å²) in [5, 5.41) is 13.9. The minimum absolute atomic E-state index is 0.155. The van der Waals surface area contributed by atoms with Crippen molar-refractivity contribution in [1.29, 1.82) is 0 Å². The molecular weight excluding hydrogens is 431 g/mol. The van der Waals surface area contributed by atoms with E-state index in [2.05, 4.69) is 20.3 Å². The van der Waals surface area contributed by atoms with Crippen molar-refractivity contribution in [3.63, 3.8) is 0 Å². The molecule has 10 nitrogen and oxygen atoms in total. The number of amides is 2. The minimum atomic E-state index is -0.608. The fourth-order valence-electron chi connectivity index (χ4n) is 3.54. The predicted octanol–water partition coefficient (Wildman–Crippen LogP) is 3.44. The lowest BCUT2D eigenvalue weighted by atomic mass is 9.94. The Kier molecular flexibility index (Phi) is 6.50.